The fraction of sp³-hybridized carbons (Fsp3) is 0.917. The van der Waals surface area contributed by atoms with Crippen LogP contribution in [-0.4, -0.2) is 37.5 Å². The third-order valence-corrected chi connectivity index (χ3v) is 2.53. The highest BCUT2D eigenvalue weighted by molar-refractivity contribution is 5.45. The first-order chi connectivity index (χ1) is 7.35. The van der Waals surface area contributed by atoms with Crippen molar-refractivity contribution in [2.24, 2.45) is 0 Å². The summed E-state index contributed by atoms with van der Waals surface area (Å²) in [6.07, 6.45) is 6.93. The van der Waals surface area contributed by atoms with Gasteiger partial charge in [0.2, 0.25) is 6.41 Å². The van der Waals surface area contributed by atoms with E-state index < -0.39 is 0 Å². The van der Waals surface area contributed by atoms with Crippen molar-refractivity contribution in [3.05, 3.63) is 0 Å². The van der Waals surface area contributed by atoms with Gasteiger partial charge in [-0.05, 0) is 38.9 Å². The standard InChI is InChI=1S/C12H26N2O/c1-3-5-9-14(10-6-4-2)11-7-8-13-12-15/h12H,3-11H2,1-2H3,(H,13,15). The van der Waals surface area contributed by atoms with Gasteiger partial charge in [-0.25, -0.2) is 0 Å². The molecule has 0 fully saturated rings. The van der Waals surface area contributed by atoms with Crippen LogP contribution < -0.4 is 5.32 Å². The lowest BCUT2D eigenvalue weighted by Gasteiger charge is -2.21. The highest BCUT2D eigenvalue weighted by atomic mass is 16.1. The van der Waals surface area contributed by atoms with Gasteiger partial charge in [-0.15, -0.1) is 0 Å². The molecule has 15 heavy (non-hydrogen) atoms. The molecule has 0 saturated carbocycles. The Labute approximate surface area is 94.2 Å². The van der Waals surface area contributed by atoms with Crippen molar-refractivity contribution in [2.45, 2.75) is 46.0 Å². The molecule has 0 radical (unpaired) electrons. The Hall–Kier alpha value is -0.570. The van der Waals surface area contributed by atoms with Crippen molar-refractivity contribution < 1.29 is 4.79 Å². The van der Waals surface area contributed by atoms with E-state index in [2.05, 4.69) is 24.1 Å². The second-order valence-electron chi connectivity index (χ2n) is 3.97. The predicted molar refractivity (Wildman–Crippen MR) is 64.9 cm³/mol. The van der Waals surface area contributed by atoms with E-state index >= 15 is 0 Å². The number of carbonyl (C=O) groups is 1. The minimum atomic E-state index is 0.780. The average Bonchev–Trinajstić information content (AvgIpc) is 2.27. The zero-order valence-corrected chi connectivity index (χ0v) is 10.3. The Morgan fingerprint density at radius 1 is 1.00 bits per heavy atom. The number of rotatable bonds is 11. The topological polar surface area (TPSA) is 32.3 Å². The molecule has 0 unspecified atom stereocenters. The Kier molecular flexibility index (Phi) is 11.1. The first kappa shape index (κ1) is 14.4. The maximum absolute atomic E-state index is 10.1. The first-order valence-corrected chi connectivity index (χ1v) is 6.24. The fourth-order valence-electron chi connectivity index (χ4n) is 1.56. The van der Waals surface area contributed by atoms with E-state index in [1.165, 1.54) is 38.8 Å². The SMILES string of the molecule is CCCCN(CCCC)CCCNC=O. The van der Waals surface area contributed by atoms with Crippen molar-refractivity contribution in [1.29, 1.82) is 0 Å². The van der Waals surface area contributed by atoms with E-state index in [9.17, 15) is 4.79 Å². The molecule has 0 aliphatic rings. The van der Waals surface area contributed by atoms with E-state index in [4.69, 9.17) is 0 Å². The molecular weight excluding hydrogens is 188 g/mol. The molecule has 0 aliphatic carbocycles. The van der Waals surface area contributed by atoms with Gasteiger partial charge >= 0.3 is 0 Å². The average molecular weight is 214 g/mol. The van der Waals surface area contributed by atoms with Crippen LogP contribution in [0.3, 0.4) is 0 Å². The number of amides is 1. The lowest BCUT2D eigenvalue weighted by Crippen LogP contribution is -2.29. The van der Waals surface area contributed by atoms with Gasteiger partial charge in [0.25, 0.3) is 0 Å². The quantitative estimate of drug-likeness (QED) is 0.421. The third kappa shape index (κ3) is 9.73. The molecule has 0 rings (SSSR count). The molecule has 0 spiro atoms. The monoisotopic (exact) mass is 214 g/mol. The normalized spacial score (nSPS) is 10.6. The number of nitrogens with zero attached hydrogens (tertiary/aromatic N) is 1. The van der Waals surface area contributed by atoms with Crippen molar-refractivity contribution in [3.8, 4) is 0 Å². The summed E-state index contributed by atoms with van der Waals surface area (Å²) in [4.78, 5) is 12.6. The predicted octanol–water partition coefficient (Wildman–Crippen LogP) is 2.02. The highest BCUT2D eigenvalue weighted by Gasteiger charge is 2.02. The van der Waals surface area contributed by atoms with E-state index in [1.54, 1.807) is 0 Å². The molecule has 1 N–H and O–H groups in total. The Balaban J connectivity index is 3.53. The van der Waals surface area contributed by atoms with Crippen molar-refractivity contribution >= 4 is 6.41 Å². The maximum atomic E-state index is 10.1. The number of unbranched alkanes of at least 4 members (excludes halogenated alkanes) is 2. The molecule has 1 amide bonds. The minimum Gasteiger partial charge on any atom is -0.359 e. The van der Waals surface area contributed by atoms with Crippen molar-refractivity contribution in [3.63, 3.8) is 0 Å². The molecule has 90 valence electrons. The van der Waals surface area contributed by atoms with Gasteiger partial charge in [0.1, 0.15) is 0 Å². The Morgan fingerprint density at radius 2 is 1.53 bits per heavy atom. The van der Waals surface area contributed by atoms with Gasteiger partial charge in [-0.1, -0.05) is 26.7 Å². The van der Waals surface area contributed by atoms with Crippen LogP contribution in [0.4, 0.5) is 0 Å². The van der Waals surface area contributed by atoms with Crippen LogP contribution >= 0.6 is 0 Å². The molecule has 3 nitrogen and oxygen atoms in total. The van der Waals surface area contributed by atoms with Crippen LogP contribution in [0.2, 0.25) is 0 Å². The van der Waals surface area contributed by atoms with Crippen LogP contribution in [0.5, 0.6) is 0 Å². The molecule has 0 heterocycles. The van der Waals surface area contributed by atoms with Gasteiger partial charge < -0.3 is 10.2 Å². The summed E-state index contributed by atoms with van der Waals surface area (Å²) in [7, 11) is 0. The third-order valence-electron chi connectivity index (χ3n) is 2.53. The molecule has 0 saturated heterocycles. The number of hydrogen-bond acceptors (Lipinski definition) is 2. The van der Waals surface area contributed by atoms with Gasteiger partial charge in [-0.3, -0.25) is 4.79 Å². The highest BCUT2D eigenvalue weighted by Crippen LogP contribution is 1.99. The number of hydrogen-bond donors (Lipinski definition) is 1. The van der Waals surface area contributed by atoms with Crippen LogP contribution in [0.15, 0.2) is 0 Å². The fourth-order valence-corrected chi connectivity index (χ4v) is 1.56. The smallest absolute Gasteiger partial charge is 0.207 e. The van der Waals surface area contributed by atoms with Crippen molar-refractivity contribution in [1.82, 2.24) is 10.2 Å². The second-order valence-corrected chi connectivity index (χ2v) is 3.97. The molecule has 0 aliphatic heterocycles. The van der Waals surface area contributed by atoms with E-state index in [0.717, 1.165) is 25.9 Å². The van der Waals surface area contributed by atoms with E-state index in [-0.39, 0.29) is 0 Å². The van der Waals surface area contributed by atoms with E-state index in [1.807, 2.05) is 0 Å². The lowest BCUT2D eigenvalue weighted by atomic mass is 10.2. The Morgan fingerprint density at radius 3 is 2.00 bits per heavy atom. The van der Waals surface area contributed by atoms with Gasteiger partial charge in [0.05, 0.1) is 0 Å². The molecule has 0 bridgehead atoms. The summed E-state index contributed by atoms with van der Waals surface area (Å²) in [5.74, 6) is 0. The zero-order valence-electron chi connectivity index (χ0n) is 10.3. The summed E-state index contributed by atoms with van der Waals surface area (Å²) in [6.45, 7) is 8.78. The summed E-state index contributed by atoms with van der Waals surface area (Å²) >= 11 is 0. The molecule has 0 atom stereocenters. The maximum Gasteiger partial charge on any atom is 0.207 e. The molecule has 0 aromatic rings. The van der Waals surface area contributed by atoms with Gasteiger partial charge in [0, 0.05) is 6.54 Å². The second kappa shape index (κ2) is 11.5. The number of nitrogens with one attached hydrogen (secondary N) is 1. The Bertz CT molecular complexity index is 132. The largest absolute Gasteiger partial charge is 0.359 e. The van der Waals surface area contributed by atoms with Crippen molar-refractivity contribution in [2.75, 3.05) is 26.2 Å². The first-order valence-electron chi connectivity index (χ1n) is 6.24. The number of carbonyl (C=O) groups excluding carboxylic acids is 1. The van der Waals surface area contributed by atoms with Gasteiger partial charge in [0.15, 0.2) is 0 Å². The molecule has 3 heteroatoms. The van der Waals surface area contributed by atoms with Gasteiger partial charge in [-0.2, -0.15) is 0 Å². The summed E-state index contributed by atoms with van der Waals surface area (Å²) in [5.41, 5.74) is 0. The van der Waals surface area contributed by atoms with Crippen LogP contribution in [0.25, 0.3) is 0 Å². The summed E-state index contributed by atoms with van der Waals surface area (Å²) in [6, 6.07) is 0. The summed E-state index contributed by atoms with van der Waals surface area (Å²) in [5, 5.41) is 2.71. The van der Waals surface area contributed by atoms with E-state index in [0.29, 0.717) is 0 Å². The molecular formula is C12H26N2O. The van der Waals surface area contributed by atoms with Crippen LogP contribution in [0.1, 0.15) is 46.0 Å². The molecule has 0 aromatic heterocycles. The summed E-state index contributed by atoms with van der Waals surface area (Å²) < 4.78 is 0. The molecule has 0 aromatic carbocycles. The minimum absolute atomic E-state index is 0.780. The van der Waals surface area contributed by atoms with Crippen LogP contribution in [0, 0.1) is 0 Å². The van der Waals surface area contributed by atoms with Crippen LogP contribution in [-0.2, 0) is 4.79 Å². The lowest BCUT2D eigenvalue weighted by molar-refractivity contribution is -0.109. The zero-order chi connectivity index (χ0) is 11.4.